The van der Waals surface area contributed by atoms with Crippen LogP contribution in [-0.2, 0) is 6.54 Å². The maximum atomic E-state index is 12.8. The lowest BCUT2D eigenvalue weighted by molar-refractivity contribution is 0.102. The Morgan fingerprint density at radius 3 is 2.58 bits per heavy atom. The highest BCUT2D eigenvalue weighted by molar-refractivity contribution is 7.19. The van der Waals surface area contributed by atoms with Crippen LogP contribution < -0.4 is 5.32 Å². The number of carbonyl (C=O) groups is 1. The minimum absolute atomic E-state index is 0.213. The fraction of sp³-hybridized carbons (Fsp3) is 0.0435. The van der Waals surface area contributed by atoms with E-state index < -0.39 is 0 Å². The molecule has 5 rings (SSSR count). The highest BCUT2D eigenvalue weighted by atomic mass is 32.1. The van der Waals surface area contributed by atoms with Crippen LogP contribution in [0.3, 0.4) is 0 Å². The van der Waals surface area contributed by atoms with Crippen LogP contribution in [0.25, 0.3) is 21.9 Å². The first-order valence-electron chi connectivity index (χ1n) is 9.57. The van der Waals surface area contributed by atoms with Crippen molar-refractivity contribution in [1.82, 2.24) is 19.5 Å². The smallest absolute Gasteiger partial charge is 0.257 e. The van der Waals surface area contributed by atoms with E-state index in [1.54, 1.807) is 31.2 Å². The SMILES string of the molecule is O=C(Nc1nc(-c2ccco2)c(-c2ccncc2)s1)c1ccc(Cn2ccnc2)cc1. The van der Waals surface area contributed by atoms with Crippen LogP contribution in [0.4, 0.5) is 5.13 Å². The summed E-state index contributed by atoms with van der Waals surface area (Å²) in [6.07, 6.45) is 10.5. The zero-order valence-corrected chi connectivity index (χ0v) is 17.1. The van der Waals surface area contributed by atoms with Crippen LogP contribution in [0.2, 0.25) is 0 Å². The number of pyridine rings is 1. The molecule has 4 heterocycles. The molecule has 31 heavy (non-hydrogen) atoms. The Bertz CT molecular complexity index is 1280. The fourth-order valence-corrected chi connectivity index (χ4v) is 4.15. The molecule has 8 heteroatoms. The maximum Gasteiger partial charge on any atom is 0.257 e. The summed E-state index contributed by atoms with van der Waals surface area (Å²) < 4.78 is 7.52. The Kier molecular flexibility index (Phi) is 5.12. The van der Waals surface area contributed by atoms with Crippen molar-refractivity contribution in [3.63, 3.8) is 0 Å². The van der Waals surface area contributed by atoms with E-state index in [2.05, 4.69) is 20.3 Å². The summed E-state index contributed by atoms with van der Waals surface area (Å²) in [6, 6.07) is 15.0. The lowest BCUT2D eigenvalue weighted by Crippen LogP contribution is -2.11. The minimum atomic E-state index is -0.213. The number of hydrogen-bond donors (Lipinski definition) is 1. The topological polar surface area (TPSA) is 85.8 Å². The van der Waals surface area contributed by atoms with Crippen molar-refractivity contribution >= 4 is 22.4 Å². The zero-order valence-electron chi connectivity index (χ0n) is 16.3. The normalized spacial score (nSPS) is 10.8. The summed E-state index contributed by atoms with van der Waals surface area (Å²) in [6.45, 7) is 0.705. The van der Waals surface area contributed by atoms with Crippen LogP contribution in [0, 0.1) is 0 Å². The van der Waals surface area contributed by atoms with Gasteiger partial charge in [-0.15, -0.1) is 0 Å². The zero-order chi connectivity index (χ0) is 21.0. The average Bonchev–Trinajstić information content (AvgIpc) is 3.57. The van der Waals surface area contributed by atoms with Gasteiger partial charge in [0.05, 0.1) is 17.5 Å². The second kappa shape index (κ2) is 8.37. The first-order valence-corrected chi connectivity index (χ1v) is 10.4. The third-order valence-electron chi connectivity index (χ3n) is 4.69. The molecule has 0 radical (unpaired) electrons. The van der Waals surface area contributed by atoms with Crippen molar-refractivity contribution < 1.29 is 9.21 Å². The molecule has 0 aliphatic heterocycles. The lowest BCUT2D eigenvalue weighted by atomic mass is 10.1. The number of anilines is 1. The molecule has 0 unspecified atom stereocenters. The van der Waals surface area contributed by atoms with Crippen LogP contribution >= 0.6 is 11.3 Å². The van der Waals surface area contributed by atoms with Gasteiger partial charge in [0.25, 0.3) is 5.91 Å². The van der Waals surface area contributed by atoms with Gasteiger partial charge >= 0.3 is 0 Å². The third kappa shape index (κ3) is 4.15. The van der Waals surface area contributed by atoms with Crippen molar-refractivity contribution in [2.24, 2.45) is 0 Å². The Hall–Kier alpha value is -4.04. The van der Waals surface area contributed by atoms with Crippen molar-refractivity contribution in [2.45, 2.75) is 6.54 Å². The first-order chi connectivity index (χ1) is 15.3. The summed E-state index contributed by atoms with van der Waals surface area (Å²) in [5, 5.41) is 3.42. The number of aromatic nitrogens is 4. The van der Waals surface area contributed by atoms with Gasteiger partial charge in [0.15, 0.2) is 10.9 Å². The molecule has 0 aliphatic carbocycles. The highest BCUT2D eigenvalue weighted by Crippen LogP contribution is 2.39. The third-order valence-corrected chi connectivity index (χ3v) is 5.71. The molecule has 1 N–H and O–H groups in total. The van der Waals surface area contributed by atoms with E-state index >= 15 is 0 Å². The van der Waals surface area contributed by atoms with Gasteiger partial charge in [0.1, 0.15) is 5.69 Å². The van der Waals surface area contributed by atoms with Gasteiger partial charge in [0.2, 0.25) is 0 Å². The summed E-state index contributed by atoms with van der Waals surface area (Å²) in [7, 11) is 0. The standard InChI is InChI=1S/C23H17N5O2S/c29-22(18-5-3-16(4-6-18)14-28-12-11-25-15-28)27-23-26-20(19-2-1-13-30-19)21(31-23)17-7-9-24-10-8-17/h1-13,15H,14H2,(H,26,27,29). The molecule has 152 valence electrons. The fourth-order valence-electron chi connectivity index (χ4n) is 3.17. The van der Waals surface area contributed by atoms with Crippen LogP contribution in [0.1, 0.15) is 15.9 Å². The Labute approximate surface area is 182 Å². The number of thiazole rings is 1. The molecule has 0 aliphatic rings. The monoisotopic (exact) mass is 427 g/mol. The van der Waals surface area contributed by atoms with E-state index in [0.29, 0.717) is 28.7 Å². The second-order valence-electron chi connectivity index (χ2n) is 6.80. The predicted molar refractivity (Wildman–Crippen MR) is 119 cm³/mol. The number of nitrogens with one attached hydrogen (secondary N) is 1. The van der Waals surface area contributed by atoms with Gasteiger partial charge in [-0.1, -0.05) is 23.5 Å². The quantitative estimate of drug-likeness (QED) is 0.414. The minimum Gasteiger partial charge on any atom is -0.463 e. The van der Waals surface area contributed by atoms with Crippen LogP contribution in [0.15, 0.2) is 90.3 Å². The molecule has 0 saturated carbocycles. The first kappa shape index (κ1) is 19.0. The Balaban J connectivity index is 1.38. The van der Waals surface area contributed by atoms with Gasteiger partial charge < -0.3 is 8.98 Å². The number of amides is 1. The average molecular weight is 427 g/mol. The Morgan fingerprint density at radius 1 is 1.03 bits per heavy atom. The molecule has 0 fully saturated rings. The molecule has 4 aromatic heterocycles. The summed E-state index contributed by atoms with van der Waals surface area (Å²) in [4.78, 5) is 26.4. The molecule has 1 amide bonds. The van der Waals surface area contributed by atoms with E-state index in [9.17, 15) is 4.79 Å². The summed E-state index contributed by atoms with van der Waals surface area (Å²) in [5.41, 5.74) is 3.30. The largest absolute Gasteiger partial charge is 0.463 e. The van der Waals surface area contributed by atoms with E-state index in [4.69, 9.17) is 4.42 Å². The lowest BCUT2D eigenvalue weighted by Gasteiger charge is -2.05. The Morgan fingerprint density at radius 2 is 1.87 bits per heavy atom. The molecule has 1 aromatic carbocycles. The van der Waals surface area contributed by atoms with Gasteiger partial charge in [-0.3, -0.25) is 15.1 Å². The maximum absolute atomic E-state index is 12.8. The van der Waals surface area contributed by atoms with Crippen LogP contribution in [0.5, 0.6) is 0 Å². The highest BCUT2D eigenvalue weighted by Gasteiger charge is 2.18. The van der Waals surface area contributed by atoms with Gasteiger partial charge in [-0.2, -0.15) is 0 Å². The number of benzene rings is 1. The van der Waals surface area contributed by atoms with Crippen molar-refractivity contribution in [2.75, 3.05) is 5.32 Å². The summed E-state index contributed by atoms with van der Waals surface area (Å²) in [5.74, 6) is 0.433. The molecule has 0 atom stereocenters. The number of rotatable bonds is 6. The van der Waals surface area contributed by atoms with Crippen molar-refractivity contribution in [3.8, 4) is 21.9 Å². The number of hydrogen-bond acceptors (Lipinski definition) is 6. The van der Waals surface area contributed by atoms with E-state index in [1.165, 1.54) is 11.3 Å². The second-order valence-corrected chi connectivity index (χ2v) is 7.80. The van der Waals surface area contributed by atoms with Crippen LogP contribution in [-0.4, -0.2) is 25.4 Å². The molecule has 7 nitrogen and oxygen atoms in total. The summed E-state index contributed by atoms with van der Waals surface area (Å²) >= 11 is 1.40. The van der Waals surface area contributed by atoms with Crippen molar-refractivity contribution in [1.29, 1.82) is 0 Å². The molecular weight excluding hydrogens is 410 g/mol. The van der Waals surface area contributed by atoms with E-state index in [0.717, 1.165) is 16.0 Å². The number of nitrogens with zero attached hydrogens (tertiary/aromatic N) is 4. The number of imidazole rings is 1. The molecule has 0 spiro atoms. The number of carbonyl (C=O) groups excluding carboxylic acids is 1. The van der Waals surface area contributed by atoms with Gasteiger partial charge in [0, 0.05) is 36.9 Å². The van der Waals surface area contributed by atoms with E-state index in [-0.39, 0.29) is 5.91 Å². The molecule has 0 saturated heterocycles. The van der Waals surface area contributed by atoms with Gasteiger partial charge in [-0.05, 0) is 47.5 Å². The van der Waals surface area contributed by atoms with Gasteiger partial charge in [-0.25, -0.2) is 9.97 Å². The predicted octanol–water partition coefficient (Wildman–Crippen LogP) is 4.96. The molecule has 0 bridgehead atoms. The van der Waals surface area contributed by atoms with E-state index in [1.807, 2.05) is 59.3 Å². The number of furan rings is 1. The molecule has 5 aromatic rings. The molecular formula is C23H17N5O2S. The van der Waals surface area contributed by atoms with Crippen molar-refractivity contribution in [3.05, 3.63) is 97.0 Å².